The molecule has 0 bridgehead atoms. The third kappa shape index (κ3) is 4.33. The second kappa shape index (κ2) is 8.68. The number of nitriles is 1. The fraction of sp³-hybridized carbons (Fsp3) is 0.526. The smallest absolute Gasteiger partial charge is 0.260 e. The predicted octanol–water partition coefficient (Wildman–Crippen LogP) is 0.750. The summed E-state index contributed by atoms with van der Waals surface area (Å²) in [6, 6.07) is 8.87. The Morgan fingerprint density at radius 2 is 2.00 bits per heavy atom. The summed E-state index contributed by atoms with van der Waals surface area (Å²) < 4.78 is 5.53. The number of rotatable bonds is 4. The van der Waals surface area contributed by atoms with Gasteiger partial charge in [-0.15, -0.1) is 0 Å². The molecular formula is C19H24N4O3. The SMILES string of the molecule is N#Cc1ccccc1OCC(=O)N1CCN(C2CCCCNC2=O)CC1. The maximum absolute atomic E-state index is 12.4. The van der Waals surface area contributed by atoms with Crippen molar-refractivity contribution in [2.45, 2.75) is 25.3 Å². The Hall–Kier alpha value is -2.59. The van der Waals surface area contributed by atoms with Gasteiger partial charge in [0.1, 0.15) is 11.8 Å². The first kappa shape index (κ1) is 18.2. The minimum Gasteiger partial charge on any atom is -0.482 e. The van der Waals surface area contributed by atoms with E-state index in [1.165, 1.54) is 0 Å². The van der Waals surface area contributed by atoms with Gasteiger partial charge in [-0.2, -0.15) is 5.26 Å². The Morgan fingerprint density at radius 1 is 1.23 bits per heavy atom. The van der Waals surface area contributed by atoms with Gasteiger partial charge in [0.2, 0.25) is 5.91 Å². The van der Waals surface area contributed by atoms with Crippen LogP contribution in [0.4, 0.5) is 0 Å². The lowest BCUT2D eigenvalue weighted by molar-refractivity contribution is -0.136. The molecule has 0 saturated carbocycles. The maximum atomic E-state index is 12.4. The van der Waals surface area contributed by atoms with Crippen molar-refractivity contribution in [2.24, 2.45) is 0 Å². The molecule has 2 fully saturated rings. The van der Waals surface area contributed by atoms with Crippen molar-refractivity contribution >= 4 is 11.8 Å². The molecule has 2 amide bonds. The van der Waals surface area contributed by atoms with E-state index >= 15 is 0 Å². The molecule has 3 rings (SSSR count). The van der Waals surface area contributed by atoms with Crippen LogP contribution >= 0.6 is 0 Å². The fourth-order valence-electron chi connectivity index (χ4n) is 3.47. The molecule has 1 aromatic rings. The Bertz CT molecular complexity index is 692. The summed E-state index contributed by atoms with van der Waals surface area (Å²) in [6.07, 6.45) is 2.96. The molecule has 0 spiro atoms. The first-order valence-corrected chi connectivity index (χ1v) is 9.10. The molecule has 1 aromatic carbocycles. The number of nitrogens with zero attached hydrogens (tertiary/aromatic N) is 3. The van der Waals surface area contributed by atoms with Crippen molar-refractivity contribution < 1.29 is 14.3 Å². The molecule has 0 aliphatic carbocycles. The van der Waals surface area contributed by atoms with E-state index in [0.29, 0.717) is 37.5 Å². The number of amides is 2. The zero-order valence-electron chi connectivity index (χ0n) is 14.8. The molecule has 7 heteroatoms. The van der Waals surface area contributed by atoms with Gasteiger partial charge in [0.05, 0.1) is 11.6 Å². The normalized spacial score (nSPS) is 21.4. The van der Waals surface area contributed by atoms with Crippen molar-refractivity contribution in [3.05, 3.63) is 29.8 Å². The van der Waals surface area contributed by atoms with Crippen molar-refractivity contribution in [1.82, 2.24) is 15.1 Å². The summed E-state index contributed by atoms with van der Waals surface area (Å²) in [5.41, 5.74) is 0.421. The highest BCUT2D eigenvalue weighted by atomic mass is 16.5. The minimum absolute atomic E-state index is 0.0755. The lowest BCUT2D eigenvalue weighted by atomic mass is 10.1. The lowest BCUT2D eigenvalue weighted by Gasteiger charge is -2.38. The second-order valence-corrected chi connectivity index (χ2v) is 6.62. The molecule has 1 atom stereocenters. The van der Waals surface area contributed by atoms with Gasteiger partial charge in [0.15, 0.2) is 6.61 Å². The first-order valence-electron chi connectivity index (χ1n) is 9.10. The molecule has 2 saturated heterocycles. The monoisotopic (exact) mass is 356 g/mol. The Morgan fingerprint density at radius 3 is 2.77 bits per heavy atom. The van der Waals surface area contributed by atoms with E-state index in [2.05, 4.69) is 16.3 Å². The molecule has 26 heavy (non-hydrogen) atoms. The highest BCUT2D eigenvalue weighted by Crippen LogP contribution is 2.18. The van der Waals surface area contributed by atoms with E-state index < -0.39 is 0 Å². The summed E-state index contributed by atoms with van der Waals surface area (Å²) in [7, 11) is 0. The van der Waals surface area contributed by atoms with Crippen LogP contribution in [0.3, 0.4) is 0 Å². The predicted molar refractivity (Wildman–Crippen MR) is 95.5 cm³/mol. The van der Waals surface area contributed by atoms with Crippen LogP contribution < -0.4 is 10.1 Å². The van der Waals surface area contributed by atoms with Gasteiger partial charge >= 0.3 is 0 Å². The zero-order valence-corrected chi connectivity index (χ0v) is 14.8. The number of para-hydroxylation sites is 1. The van der Waals surface area contributed by atoms with Crippen LogP contribution in [-0.2, 0) is 9.59 Å². The zero-order chi connectivity index (χ0) is 18.4. The maximum Gasteiger partial charge on any atom is 0.260 e. The van der Waals surface area contributed by atoms with Crippen LogP contribution in [0.15, 0.2) is 24.3 Å². The molecule has 2 heterocycles. The Balaban J connectivity index is 1.49. The van der Waals surface area contributed by atoms with Crippen molar-refractivity contribution in [3.8, 4) is 11.8 Å². The average Bonchev–Trinajstić information content (AvgIpc) is 2.90. The van der Waals surface area contributed by atoms with Crippen LogP contribution in [0.2, 0.25) is 0 Å². The number of nitrogens with one attached hydrogen (secondary N) is 1. The molecule has 0 radical (unpaired) electrons. The number of carbonyl (C=O) groups is 2. The number of hydrogen-bond acceptors (Lipinski definition) is 5. The van der Waals surface area contributed by atoms with E-state index in [0.717, 1.165) is 25.8 Å². The molecule has 0 aromatic heterocycles. The number of carbonyl (C=O) groups excluding carboxylic acids is 2. The van der Waals surface area contributed by atoms with Crippen LogP contribution in [0.5, 0.6) is 5.75 Å². The van der Waals surface area contributed by atoms with Gasteiger partial charge in [-0.1, -0.05) is 12.1 Å². The van der Waals surface area contributed by atoms with Crippen LogP contribution in [-0.4, -0.2) is 67.0 Å². The summed E-state index contributed by atoms with van der Waals surface area (Å²) in [5, 5.41) is 12.0. The Labute approximate surface area is 153 Å². The first-order chi connectivity index (χ1) is 12.7. The Kier molecular flexibility index (Phi) is 6.08. The highest BCUT2D eigenvalue weighted by Gasteiger charge is 2.31. The van der Waals surface area contributed by atoms with Gasteiger partial charge < -0.3 is 15.0 Å². The van der Waals surface area contributed by atoms with Gasteiger partial charge in [-0.25, -0.2) is 0 Å². The lowest BCUT2D eigenvalue weighted by Crippen LogP contribution is -2.56. The molecule has 138 valence electrons. The van der Waals surface area contributed by atoms with E-state index in [-0.39, 0.29) is 24.5 Å². The number of hydrogen-bond donors (Lipinski definition) is 1. The van der Waals surface area contributed by atoms with Crippen molar-refractivity contribution in [1.29, 1.82) is 5.26 Å². The standard InChI is InChI=1S/C19H24N4O3/c20-13-15-5-1-2-7-17(15)26-14-18(24)23-11-9-22(10-12-23)16-6-3-4-8-21-19(16)25/h1-2,5,7,16H,3-4,6,8-12,14H2,(H,21,25). The summed E-state index contributed by atoms with van der Waals surface area (Å²) in [4.78, 5) is 28.5. The van der Waals surface area contributed by atoms with Gasteiger partial charge in [-0.05, 0) is 31.4 Å². The molecule has 2 aliphatic rings. The topological polar surface area (TPSA) is 85.7 Å². The van der Waals surface area contributed by atoms with Crippen LogP contribution in [0, 0.1) is 11.3 Å². The van der Waals surface area contributed by atoms with Crippen molar-refractivity contribution in [2.75, 3.05) is 39.3 Å². The third-order valence-corrected chi connectivity index (χ3v) is 4.97. The summed E-state index contributed by atoms with van der Waals surface area (Å²) in [6.45, 7) is 3.24. The van der Waals surface area contributed by atoms with Gasteiger partial charge in [0, 0.05) is 32.7 Å². The van der Waals surface area contributed by atoms with Crippen LogP contribution in [0.25, 0.3) is 0 Å². The van der Waals surface area contributed by atoms with Gasteiger partial charge in [0.25, 0.3) is 5.91 Å². The average molecular weight is 356 g/mol. The molecule has 2 aliphatic heterocycles. The summed E-state index contributed by atoms with van der Waals surface area (Å²) in [5.74, 6) is 0.443. The minimum atomic E-state index is -0.0947. The highest BCUT2D eigenvalue weighted by molar-refractivity contribution is 5.82. The van der Waals surface area contributed by atoms with E-state index in [1.807, 2.05) is 0 Å². The molecule has 1 N–H and O–H groups in total. The quantitative estimate of drug-likeness (QED) is 0.860. The molecule has 1 unspecified atom stereocenters. The van der Waals surface area contributed by atoms with Crippen molar-refractivity contribution in [3.63, 3.8) is 0 Å². The number of piperazine rings is 1. The number of benzene rings is 1. The van der Waals surface area contributed by atoms with E-state index in [1.54, 1.807) is 29.2 Å². The molecule has 7 nitrogen and oxygen atoms in total. The van der Waals surface area contributed by atoms with Gasteiger partial charge in [-0.3, -0.25) is 14.5 Å². The number of ether oxygens (including phenoxy) is 1. The van der Waals surface area contributed by atoms with E-state index in [4.69, 9.17) is 10.00 Å². The van der Waals surface area contributed by atoms with Crippen LogP contribution in [0.1, 0.15) is 24.8 Å². The largest absolute Gasteiger partial charge is 0.482 e. The third-order valence-electron chi connectivity index (χ3n) is 4.97. The summed E-state index contributed by atoms with van der Waals surface area (Å²) >= 11 is 0. The van der Waals surface area contributed by atoms with E-state index in [9.17, 15) is 9.59 Å². The fourth-order valence-corrected chi connectivity index (χ4v) is 3.47. The second-order valence-electron chi connectivity index (χ2n) is 6.62. The molecular weight excluding hydrogens is 332 g/mol.